The smallest absolute Gasteiger partial charge is 0.408 e. The van der Waals surface area contributed by atoms with Gasteiger partial charge in [0.1, 0.15) is 11.4 Å². The first-order chi connectivity index (χ1) is 8.20. The Morgan fingerprint density at radius 3 is 2.56 bits per heavy atom. The van der Waals surface area contributed by atoms with E-state index in [-0.39, 0.29) is 5.82 Å². The SMILES string of the molecule is C[C@@H](NC(=O)OC(C)(C)C)c1c(F)cccc1Br. The number of ether oxygens (including phenoxy) is 1. The zero-order chi connectivity index (χ0) is 13.9. The summed E-state index contributed by atoms with van der Waals surface area (Å²) in [7, 11) is 0. The minimum absolute atomic E-state index is 0.368. The fourth-order valence-electron chi connectivity index (χ4n) is 1.48. The molecule has 0 saturated carbocycles. The number of carbonyl (C=O) groups excluding carboxylic acids is 1. The van der Waals surface area contributed by atoms with Gasteiger partial charge in [0.2, 0.25) is 0 Å². The maximum Gasteiger partial charge on any atom is 0.408 e. The molecule has 0 radical (unpaired) electrons. The Morgan fingerprint density at radius 2 is 2.06 bits per heavy atom. The van der Waals surface area contributed by atoms with E-state index in [1.807, 2.05) is 0 Å². The number of hydrogen-bond donors (Lipinski definition) is 1. The quantitative estimate of drug-likeness (QED) is 0.888. The van der Waals surface area contributed by atoms with Gasteiger partial charge in [0.25, 0.3) is 0 Å². The van der Waals surface area contributed by atoms with E-state index in [2.05, 4.69) is 21.2 Å². The predicted molar refractivity (Wildman–Crippen MR) is 71.9 cm³/mol. The summed E-state index contributed by atoms with van der Waals surface area (Å²) >= 11 is 3.27. The van der Waals surface area contributed by atoms with E-state index in [0.717, 1.165) is 0 Å². The molecule has 1 N–H and O–H groups in total. The molecule has 5 heteroatoms. The fourth-order valence-corrected chi connectivity index (χ4v) is 2.17. The lowest BCUT2D eigenvalue weighted by molar-refractivity contribution is 0.0507. The highest BCUT2D eigenvalue weighted by molar-refractivity contribution is 9.10. The van der Waals surface area contributed by atoms with Crippen LogP contribution in [-0.2, 0) is 4.74 Å². The molecule has 1 amide bonds. The van der Waals surface area contributed by atoms with Crippen molar-refractivity contribution in [2.75, 3.05) is 0 Å². The number of benzene rings is 1. The zero-order valence-electron chi connectivity index (χ0n) is 10.9. The number of amides is 1. The van der Waals surface area contributed by atoms with Crippen molar-refractivity contribution >= 4 is 22.0 Å². The van der Waals surface area contributed by atoms with E-state index in [1.165, 1.54) is 6.07 Å². The molecule has 0 heterocycles. The lowest BCUT2D eigenvalue weighted by atomic mass is 10.1. The maximum absolute atomic E-state index is 13.7. The molecule has 0 spiro atoms. The third-order valence-electron chi connectivity index (χ3n) is 2.17. The van der Waals surface area contributed by atoms with Gasteiger partial charge in [-0.15, -0.1) is 0 Å². The molecule has 1 atom stereocenters. The van der Waals surface area contributed by atoms with Crippen LogP contribution in [0.5, 0.6) is 0 Å². The van der Waals surface area contributed by atoms with Crippen LogP contribution in [0, 0.1) is 5.82 Å². The average molecular weight is 318 g/mol. The molecule has 1 rings (SSSR count). The highest BCUT2D eigenvalue weighted by Crippen LogP contribution is 2.26. The molecule has 1 aromatic carbocycles. The monoisotopic (exact) mass is 317 g/mol. The summed E-state index contributed by atoms with van der Waals surface area (Å²) in [5.41, 5.74) is -0.167. The zero-order valence-corrected chi connectivity index (χ0v) is 12.5. The summed E-state index contributed by atoms with van der Waals surface area (Å²) in [6, 6.07) is 4.21. The van der Waals surface area contributed by atoms with Crippen LogP contribution in [-0.4, -0.2) is 11.7 Å². The first kappa shape index (κ1) is 15.0. The molecule has 18 heavy (non-hydrogen) atoms. The topological polar surface area (TPSA) is 38.3 Å². The molecule has 3 nitrogen and oxygen atoms in total. The predicted octanol–water partition coefficient (Wildman–Crippen LogP) is 4.17. The minimum Gasteiger partial charge on any atom is -0.444 e. The Balaban J connectivity index is 2.77. The molecule has 0 unspecified atom stereocenters. The van der Waals surface area contributed by atoms with E-state index in [4.69, 9.17) is 4.74 Å². The van der Waals surface area contributed by atoms with Gasteiger partial charge in [-0.25, -0.2) is 9.18 Å². The molecular formula is C13H17BrFNO2. The average Bonchev–Trinajstić information content (AvgIpc) is 2.13. The summed E-state index contributed by atoms with van der Waals surface area (Å²) in [6.45, 7) is 7.02. The second-order valence-corrected chi connectivity index (χ2v) is 5.86. The normalized spacial score (nSPS) is 13.0. The lowest BCUT2D eigenvalue weighted by Gasteiger charge is -2.22. The van der Waals surface area contributed by atoms with Gasteiger partial charge in [0.05, 0.1) is 6.04 Å². The standard InChI is InChI=1S/C13H17BrFNO2/c1-8(16-12(17)18-13(2,3)4)11-9(14)6-5-7-10(11)15/h5-8H,1-4H3,(H,16,17)/t8-/m1/s1. The number of alkyl carbamates (subject to hydrolysis) is 1. The highest BCUT2D eigenvalue weighted by atomic mass is 79.9. The van der Waals surface area contributed by atoms with Crippen LogP contribution >= 0.6 is 15.9 Å². The first-order valence-electron chi connectivity index (χ1n) is 5.64. The molecule has 100 valence electrons. The van der Waals surface area contributed by atoms with Crippen molar-refractivity contribution in [3.8, 4) is 0 Å². The summed E-state index contributed by atoms with van der Waals surface area (Å²) in [4.78, 5) is 11.6. The minimum atomic E-state index is -0.573. The number of carbonyl (C=O) groups is 1. The fraction of sp³-hybridized carbons (Fsp3) is 0.462. The van der Waals surface area contributed by atoms with Crippen molar-refractivity contribution in [2.45, 2.75) is 39.3 Å². The summed E-state index contributed by atoms with van der Waals surface area (Å²) in [6.07, 6.45) is -0.565. The van der Waals surface area contributed by atoms with Crippen LogP contribution < -0.4 is 5.32 Å². The van der Waals surface area contributed by atoms with Crippen LogP contribution in [0.2, 0.25) is 0 Å². The molecule has 0 aliphatic rings. The van der Waals surface area contributed by atoms with Gasteiger partial charge >= 0.3 is 6.09 Å². The molecule has 0 aliphatic heterocycles. The van der Waals surface area contributed by atoms with Crippen LogP contribution in [0.15, 0.2) is 22.7 Å². The molecule has 0 aliphatic carbocycles. The largest absolute Gasteiger partial charge is 0.444 e. The van der Waals surface area contributed by atoms with Gasteiger partial charge in [-0.05, 0) is 39.8 Å². The van der Waals surface area contributed by atoms with Crippen LogP contribution in [0.1, 0.15) is 39.3 Å². The third kappa shape index (κ3) is 4.29. The Hall–Kier alpha value is -1.10. The lowest BCUT2D eigenvalue weighted by Crippen LogP contribution is -2.34. The van der Waals surface area contributed by atoms with Gasteiger partial charge in [0, 0.05) is 10.0 Å². The molecule has 0 bridgehead atoms. The van der Waals surface area contributed by atoms with Gasteiger partial charge in [-0.2, -0.15) is 0 Å². The van der Waals surface area contributed by atoms with Crippen molar-refractivity contribution < 1.29 is 13.9 Å². The van der Waals surface area contributed by atoms with Gasteiger partial charge in [-0.1, -0.05) is 22.0 Å². The van der Waals surface area contributed by atoms with E-state index < -0.39 is 17.7 Å². The number of rotatable bonds is 2. The summed E-state index contributed by atoms with van der Waals surface area (Å²) in [5.74, 6) is -0.368. The summed E-state index contributed by atoms with van der Waals surface area (Å²) < 4.78 is 19.4. The summed E-state index contributed by atoms with van der Waals surface area (Å²) in [5, 5.41) is 2.60. The van der Waals surface area contributed by atoms with Gasteiger partial charge in [-0.3, -0.25) is 0 Å². The Labute approximate surface area is 115 Å². The van der Waals surface area contributed by atoms with E-state index in [0.29, 0.717) is 10.0 Å². The molecular weight excluding hydrogens is 301 g/mol. The van der Waals surface area contributed by atoms with Crippen molar-refractivity contribution in [1.82, 2.24) is 5.32 Å². The van der Waals surface area contributed by atoms with E-state index >= 15 is 0 Å². The van der Waals surface area contributed by atoms with Crippen molar-refractivity contribution in [3.05, 3.63) is 34.1 Å². The van der Waals surface area contributed by atoms with Gasteiger partial charge in [0.15, 0.2) is 0 Å². The number of nitrogens with one attached hydrogen (secondary N) is 1. The van der Waals surface area contributed by atoms with E-state index in [1.54, 1.807) is 39.8 Å². The Morgan fingerprint density at radius 1 is 1.44 bits per heavy atom. The molecule has 1 aromatic rings. The van der Waals surface area contributed by atoms with Gasteiger partial charge < -0.3 is 10.1 Å². The van der Waals surface area contributed by atoms with Crippen LogP contribution in [0.25, 0.3) is 0 Å². The Bertz CT molecular complexity index is 423. The van der Waals surface area contributed by atoms with E-state index in [9.17, 15) is 9.18 Å². The van der Waals surface area contributed by atoms with Crippen LogP contribution in [0.3, 0.4) is 0 Å². The molecule has 0 saturated heterocycles. The molecule has 0 aromatic heterocycles. The highest BCUT2D eigenvalue weighted by Gasteiger charge is 2.20. The third-order valence-corrected chi connectivity index (χ3v) is 2.86. The van der Waals surface area contributed by atoms with Crippen LogP contribution in [0.4, 0.5) is 9.18 Å². The maximum atomic E-state index is 13.7. The van der Waals surface area contributed by atoms with Crippen molar-refractivity contribution in [3.63, 3.8) is 0 Å². The molecule has 0 fully saturated rings. The second-order valence-electron chi connectivity index (χ2n) is 5.00. The van der Waals surface area contributed by atoms with Crippen molar-refractivity contribution in [2.24, 2.45) is 0 Å². The Kier molecular flexibility index (Phi) is 4.73. The second kappa shape index (κ2) is 5.69. The number of halogens is 2. The number of hydrogen-bond acceptors (Lipinski definition) is 2. The van der Waals surface area contributed by atoms with Crippen molar-refractivity contribution in [1.29, 1.82) is 0 Å². The first-order valence-corrected chi connectivity index (χ1v) is 6.43.